The van der Waals surface area contributed by atoms with Crippen LogP contribution in [-0.2, 0) is 14.3 Å². The van der Waals surface area contributed by atoms with E-state index in [0.29, 0.717) is 5.00 Å². The summed E-state index contributed by atoms with van der Waals surface area (Å²) >= 11 is 1.34. The molecular formula is C9H9NO4S. The number of ether oxygens (including phenoxy) is 1. The van der Waals surface area contributed by atoms with Crippen LogP contribution in [0.3, 0.4) is 0 Å². The van der Waals surface area contributed by atoms with Crippen molar-refractivity contribution in [3.8, 4) is 0 Å². The summed E-state index contributed by atoms with van der Waals surface area (Å²) in [5.74, 6) is -1.35. The van der Waals surface area contributed by atoms with Gasteiger partial charge < -0.3 is 9.84 Å². The Balaban J connectivity index is 2.31. The largest absolute Gasteiger partial charge is 0.480 e. The van der Waals surface area contributed by atoms with Gasteiger partial charge in [-0.25, -0.2) is 4.79 Å². The first-order valence-corrected chi connectivity index (χ1v) is 5.24. The van der Waals surface area contributed by atoms with Crippen molar-refractivity contribution < 1.29 is 19.4 Å². The van der Waals surface area contributed by atoms with Crippen LogP contribution in [0.1, 0.15) is 0 Å². The smallest absolute Gasteiger partial charge is 0.329 e. The molecule has 6 heteroatoms. The molecule has 1 aromatic rings. The molecule has 0 spiro atoms. The lowest BCUT2D eigenvalue weighted by molar-refractivity contribution is -0.145. The van der Waals surface area contributed by atoms with Crippen LogP contribution in [-0.4, -0.2) is 36.2 Å². The van der Waals surface area contributed by atoms with Gasteiger partial charge >= 0.3 is 5.97 Å². The van der Waals surface area contributed by atoms with Gasteiger partial charge in [-0.3, -0.25) is 9.69 Å². The molecule has 2 rings (SSSR count). The van der Waals surface area contributed by atoms with Gasteiger partial charge in [0.15, 0.2) is 6.04 Å². The Morgan fingerprint density at radius 1 is 1.67 bits per heavy atom. The molecule has 15 heavy (non-hydrogen) atoms. The topological polar surface area (TPSA) is 66.8 Å². The van der Waals surface area contributed by atoms with E-state index in [-0.39, 0.29) is 19.1 Å². The summed E-state index contributed by atoms with van der Waals surface area (Å²) in [6.45, 7) is -0.0132. The lowest BCUT2D eigenvalue weighted by Crippen LogP contribution is -2.53. The van der Waals surface area contributed by atoms with Gasteiger partial charge in [-0.2, -0.15) is 0 Å². The molecule has 1 unspecified atom stereocenters. The van der Waals surface area contributed by atoms with Crippen molar-refractivity contribution in [1.82, 2.24) is 0 Å². The van der Waals surface area contributed by atoms with Gasteiger partial charge in [0.2, 0.25) is 0 Å². The summed E-state index contributed by atoms with van der Waals surface area (Å²) in [6, 6.07) is 2.59. The number of amides is 1. The number of carboxylic acid groups (broad SMARTS) is 1. The first kappa shape index (κ1) is 10.1. The second-order valence-corrected chi connectivity index (χ2v) is 4.01. The molecule has 1 aliphatic rings. The Kier molecular flexibility index (Phi) is 2.70. The number of carbonyl (C=O) groups is 2. The first-order chi connectivity index (χ1) is 7.20. The van der Waals surface area contributed by atoms with Gasteiger partial charge in [-0.1, -0.05) is 0 Å². The van der Waals surface area contributed by atoms with Gasteiger partial charge in [0.1, 0.15) is 6.61 Å². The Morgan fingerprint density at radius 2 is 2.47 bits per heavy atom. The van der Waals surface area contributed by atoms with Crippen LogP contribution in [0.5, 0.6) is 0 Å². The Morgan fingerprint density at radius 3 is 3.07 bits per heavy atom. The van der Waals surface area contributed by atoms with Crippen LogP contribution in [0.15, 0.2) is 17.5 Å². The molecular weight excluding hydrogens is 218 g/mol. The van der Waals surface area contributed by atoms with E-state index in [1.54, 1.807) is 17.5 Å². The predicted octanol–water partition coefficient (Wildman–Crippen LogP) is 0.564. The normalized spacial score (nSPS) is 21.7. The SMILES string of the molecule is O=C(O)C1COCC(=O)N1c1cccs1. The van der Waals surface area contributed by atoms with Gasteiger partial charge in [-0.15, -0.1) is 11.3 Å². The Labute approximate surface area is 89.9 Å². The van der Waals surface area contributed by atoms with Crippen molar-refractivity contribution in [3.05, 3.63) is 17.5 Å². The first-order valence-electron chi connectivity index (χ1n) is 4.36. The number of anilines is 1. The molecule has 0 aliphatic carbocycles. The zero-order valence-electron chi connectivity index (χ0n) is 7.75. The molecule has 1 aliphatic heterocycles. The second kappa shape index (κ2) is 4.00. The third kappa shape index (κ3) is 1.86. The molecule has 80 valence electrons. The molecule has 1 amide bonds. The zero-order chi connectivity index (χ0) is 10.8. The second-order valence-electron chi connectivity index (χ2n) is 3.08. The average molecular weight is 227 g/mol. The summed E-state index contributed by atoms with van der Waals surface area (Å²) in [6.07, 6.45) is 0. The molecule has 0 saturated carbocycles. The molecule has 1 aromatic heterocycles. The number of nitrogens with zero attached hydrogens (tertiary/aromatic N) is 1. The summed E-state index contributed by atoms with van der Waals surface area (Å²) < 4.78 is 4.92. The molecule has 1 saturated heterocycles. The highest BCUT2D eigenvalue weighted by Crippen LogP contribution is 2.25. The third-order valence-electron chi connectivity index (χ3n) is 2.11. The summed E-state index contributed by atoms with van der Waals surface area (Å²) in [7, 11) is 0. The number of rotatable bonds is 2. The number of carboxylic acids is 1. The van der Waals surface area contributed by atoms with Crippen LogP contribution in [0.25, 0.3) is 0 Å². The number of morpholine rings is 1. The van der Waals surface area contributed by atoms with E-state index < -0.39 is 12.0 Å². The fourth-order valence-electron chi connectivity index (χ4n) is 1.44. The molecule has 0 radical (unpaired) electrons. The van der Waals surface area contributed by atoms with Gasteiger partial charge in [-0.05, 0) is 17.5 Å². The van der Waals surface area contributed by atoms with Gasteiger partial charge in [0.25, 0.3) is 5.91 Å². The van der Waals surface area contributed by atoms with Crippen molar-refractivity contribution in [2.75, 3.05) is 18.1 Å². The van der Waals surface area contributed by atoms with Crippen LogP contribution in [0.4, 0.5) is 5.00 Å². The maximum Gasteiger partial charge on any atom is 0.329 e. The van der Waals surface area contributed by atoms with Crippen LogP contribution < -0.4 is 4.90 Å². The maximum absolute atomic E-state index is 11.6. The molecule has 0 aromatic carbocycles. The maximum atomic E-state index is 11.6. The Bertz CT molecular complexity index is 375. The van der Waals surface area contributed by atoms with E-state index in [1.807, 2.05) is 0 Å². The standard InChI is InChI=1S/C9H9NO4S/c11-7-5-14-4-6(9(12)13)10(7)8-2-1-3-15-8/h1-3,6H,4-5H2,(H,12,13). The molecule has 0 bridgehead atoms. The minimum Gasteiger partial charge on any atom is -0.480 e. The van der Waals surface area contributed by atoms with Crippen molar-refractivity contribution in [3.63, 3.8) is 0 Å². The molecule has 1 atom stereocenters. The van der Waals surface area contributed by atoms with Gasteiger partial charge in [0.05, 0.1) is 11.6 Å². The Hall–Kier alpha value is -1.40. The molecule has 1 N–H and O–H groups in total. The van der Waals surface area contributed by atoms with E-state index in [0.717, 1.165) is 0 Å². The summed E-state index contributed by atoms with van der Waals surface area (Å²) in [5, 5.41) is 11.4. The van der Waals surface area contributed by atoms with E-state index in [9.17, 15) is 9.59 Å². The lowest BCUT2D eigenvalue weighted by atomic mass is 10.2. The van der Waals surface area contributed by atoms with Crippen molar-refractivity contribution >= 4 is 28.2 Å². The zero-order valence-corrected chi connectivity index (χ0v) is 8.57. The van der Waals surface area contributed by atoms with E-state index >= 15 is 0 Å². The highest BCUT2D eigenvalue weighted by Gasteiger charge is 2.35. The van der Waals surface area contributed by atoms with Crippen LogP contribution in [0, 0.1) is 0 Å². The fourth-order valence-corrected chi connectivity index (χ4v) is 2.24. The summed E-state index contributed by atoms with van der Waals surface area (Å²) in [4.78, 5) is 23.8. The number of carbonyl (C=O) groups excluding carboxylic acids is 1. The lowest BCUT2D eigenvalue weighted by Gasteiger charge is -2.31. The van der Waals surface area contributed by atoms with E-state index in [1.165, 1.54) is 16.2 Å². The molecule has 2 heterocycles. The van der Waals surface area contributed by atoms with Crippen molar-refractivity contribution in [1.29, 1.82) is 0 Å². The molecule has 5 nitrogen and oxygen atoms in total. The van der Waals surface area contributed by atoms with E-state index in [4.69, 9.17) is 9.84 Å². The monoisotopic (exact) mass is 227 g/mol. The van der Waals surface area contributed by atoms with E-state index in [2.05, 4.69) is 0 Å². The average Bonchev–Trinajstić information content (AvgIpc) is 2.70. The fraction of sp³-hybridized carbons (Fsp3) is 0.333. The van der Waals surface area contributed by atoms with Crippen molar-refractivity contribution in [2.45, 2.75) is 6.04 Å². The molecule has 1 fully saturated rings. The quantitative estimate of drug-likeness (QED) is 0.801. The van der Waals surface area contributed by atoms with Gasteiger partial charge in [0, 0.05) is 0 Å². The van der Waals surface area contributed by atoms with Crippen LogP contribution in [0.2, 0.25) is 0 Å². The van der Waals surface area contributed by atoms with Crippen LogP contribution >= 0.6 is 11.3 Å². The number of hydrogen-bond donors (Lipinski definition) is 1. The van der Waals surface area contributed by atoms with Crippen molar-refractivity contribution in [2.24, 2.45) is 0 Å². The third-order valence-corrected chi connectivity index (χ3v) is 2.98. The highest BCUT2D eigenvalue weighted by molar-refractivity contribution is 7.14. The minimum absolute atomic E-state index is 0.0406. The number of hydrogen-bond acceptors (Lipinski definition) is 4. The number of thiophene rings is 1. The summed E-state index contributed by atoms with van der Waals surface area (Å²) in [5.41, 5.74) is 0. The minimum atomic E-state index is -1.04. The predicted molar refractivity (Wildman–Crippen MR) is 54.0 cm³/mol. The highest BCUT2D eigenvalue weighted by atomic mass is 32.1. The number of aliphatic carboxylic acids is 1.